The Morgan fingerprint density at radius 1 is 1.32 bits per heavy atom. The standard InChI is InChI=1S/C19H30N2O/c1-3-4-13-17(15-11-8-12-15)21-19(22)14(2)18(20)16-9-6-5-7-10-16/h5-7,9-10,14-15,17-18H,3-4,8,11-13,20H2,1-2H3,(H,21,22). The average molecular weight is 302 g/mol. The van der Waals surface area contributed by atoms with Gasteiger partial charge >= 0.3 is 0 Å². The van der Waals surface area contributed by atoms with Crippen molar-refractivity contribution in [3.63, 3.8) is 0 Å². The molecule has 1 saturated carbocycles. The third kappa shape index (κ3) is 4.33. The van der Waals surface area contributed by atoms with Crippen molar-refractivity contribution in [3.05, 3.63) is 35.9 Å². The summed E-state index contributed by atoms with van der Waals surface area (Å²) in [6.07, 6.45) is 7.28. The zero-order valence-corrected chi connectivity index (χ0v) is 13.9. The van der Waals surface area contributed by atoms with Crippen molar-refractivity contribution in [2.24, 2.45) is 17.6 Å². The minimum absolute atomic E-state index is 0.101. The van der Waals surface area contributed by atoms with E-state index in [1.165, 1.54) is 32.1 Å². The Morgan fingerprint density at radius 2 is 2.00 bits per heavy atom. The van der Waals surface area contributed by atoms with Gasteiger partial charge in [0, 0.05) is 12.1 Å². The lowest BCUT2D eigenvalue weighted by Gasteiger charge is -2.35. The fourth-order valence-corrected chi connectivity index (χ4v) is 3.13. The van der Waals surface area contributed by atoms with Gasteiger partial charge in [0.25, 0.3) is 0 Å². The molecule has 1 aromatic carbocycles. The Bertz CT molecular complexity index is 456. The molecule has 2 rings (SSSR count). The van der Waals surface area contributed by atoms with Crippen LogP contribution in [0, 0.1) is 11.8 Å². The van der Waals surface area contributed by atoms with Gasteiger partial charge < -0.3 is 11.1 Å². The Hall–Kier alpha value is -1.35. The second-order valence-electron chi connectivity index (χ2n) is 6.67. The van der Waals surface area contributed by atoms with Gasteiger partial charge in [-0.1, -0.05) is 63.4 Å². The molecule has 0 heterocycles. The normalized spacial score (nSPS) is 19.0. The van der Waals surface area contributed by atoms with Crippen LogP contribution in [0.15, 0.2) is 30.3 Å². The maximum Gasteiger partial charge on any atom is 0.224 e. The van der Waals surface area contributed by atoms with E-state index >= 15 is 0 Å². The fraction of sp³-hybridized carbons (Fsp3) is 0.632. The van der Waals surface area contributed by atoms with Crippen LogP contribution in [0.5, 0.6) is 0 Å². The van der Waals surface area contributed by atoms with Crippen LogP contribution in [0.4, 0.5) is 0 Å². The Labute approximate surface area is 134 Å². The van der Waals surface area contributed by atoms with E-state index < -0.39 is 0 Å². The molecule has 0 radical (unpaired) electrons. The number of hydrogen-bond donors (Lipinski definition) is 2. The molecule has 3 nitrogen and oxygen atoms in total. The molecule has 1 aliphatic rings. The largest absolute Gasteiger partial charge is 0.353 e. The van der Waals surface area contributed by atoms with Crippen molar-refractivity contribution >= 4 is 5.91 Å². The second-order valence-corrected chi connectivity index (χ2v) is 6.67. The van der Waals surface area contributed by atoms with Gasteiger partial charge in [-0.15, -0.1) is 0 Å². The number of rotatable bonds is 8. The number of unbranched alkanes of at least 4 members (excludes halogenated alkanes) is 1. The zero-order valence-electron chi connectivity index (χ0n) is 13.9. The molecule has 1 aliphatic carbocycles. The Morgan fingerprint density at radius 3 is 2.55 bits per heavy atom. The van der Waals surface area contributed by atoms with Gasteiger partial charge in [0.2, 0.25) is 5.91 Å². The van der Waals surface area contributed by atoms with E-state index in [-0.39, 0.29) is 17.9 Å². The zero-order chi connectivity index (χ0) is 15.9. The third-order valence-corrected chi connectivity index (χ3v) is 5.05. The van der Waals surface area contributed by atoms with Crippen LogP contribution in [0.3, 0.4) is 0 Å². The fourth-order valence-electron chi connectivity index (χ4n) is 3.13. The Kier molecular flexibility index (Phi) is 6.44. The molecule has 122 valence electrons. The van der Waals surface area contributed by atoms with E-state index in [9.17, 15) is 4.79 Å². The van der Waals surface area contributed by atoms with Gasteiger partial charge in [0.05, 0.1) is 5.92 Å². The SMILES string of the molecule is CCCCC(NC(=O)C(C)C(N)c1ccccc1)C1CCC1. The quantitative estimate of drug-likeness (QED) is 0.767. The van der Waals surface area contributed by atoms with Crippen molar-refractivity contribution < 1.29 is 4.79 Å². The van der Waals surface area contributed by atoms with Gasteiger partial charge in [-0.05, 0) is 30.7 Å². The molecular formula is C19H30N2O. The summed E-state index contributed by atoms with van der Waals surface area (Å²) in [4.78, 5) is 12.6. The van der Waals surface area contributed by atoms with Crippen molar-refractivity contribution in [1.29, 1.82) is 0 Å². The molecule has 1 amide bonds. The number of nitrogens with two attached hydrogens (primary N) is 1. The predicted molar refractivity (Wildman–Crippen MR) is 91.3 cm³/mol. The molecule has 3 heteroatoms. The number of carbonyl (C=O) groups is 1. The van der Waals surface area contributed by atoms with E-state index in [1.807, 2.05) is 37.3 Å². The molecule has 0 spiro atoms. The number of benzene rings is 1. The van der Waals surface area contributed by atoms with Gasteiger partial charge in [-0.3, -0.25) is 4.79 Å². The summed E-state index contributed by atoms with van der Waals surface area (Å²) >= 11 is 0. The lowest BCUT2D eigenvalue weighted by atomic mass is 9.77. The first-order valence-electron chi connectivity index (χ1n) is 8.74. The van der Waals surface area contributed by atoms with E-state index in [4.69, 9.17) is 5.73 Å². The molecule has 0 bridgehead atoms. The lowest BCUT2D eigenvalue weighted by Crippen LogP contribution is -2.46. The van der Waals surface area contributed by atoms with Crippen molar-refractivity contribution in [1.82, 2.24) is 5.32 Å². The van der Waals surface area contributed by atoms with Crippen molar-refractivity contribution in [2.75, 3.05) is 0 Å². The molecule has 1 aromatic rings. The summed E-state index contributed by atoms with van der Waals surface area (Å²) in [6.45, 7) is 4.14. The van der Waals surface area contributed by atoms with Crippen LogP contribution in [0.2, 0.25) is 0 Å². The lowest BCUT2D eigenvalue weighted by molar-refractivity contribution is -0.126. The Balaban J connectivity index is 1.93. The number of amides is 1. The van der Waals surface area contributed by atoms with Gasteiger partial charge in [-0.2, -0.15) is 0 Å². The number of nitrogens with one attached hydrogen (secondary N) is 1. The molecule has 0 saturated heterocycles. The molecule has 3 unspecified atom stereocenters. The minimum Gasteiger partial charge on any atom is -0.353 e. The van der Waals surface area contributed by atoms with E-state index in [1.54, 1.807) is 0 Å². The smallest absolute Gasteiger partial charge is 0.224 e. The predicted octanol–water partition coefficient (Wildman–Crippen LogP) is 3.80. The van der Waals surface area contributed by atoms with E-state index in [0.29, 0.717) is 12.0 Å². The van der Waals surface area contributed by atoms with E-state index in [0.717, 1.165) is 12.0 Å². The third-order valence-electron chi connectivity index (χ3n) is 5.05. The number of carbonyl (C=O) groups excluding carboxylic acids is 1. The summed E-state index contributed by atoms with van der Waals surface area (Å²) in [6, 6.07) is 10.00. The summed E-state index contributed by atoms with van der Waals surface area (Å²) < 4.78 is 0. The average Bonchev–Trinajstić information content (AvgIpc) is 2.50. The summed E-state index contributed by atoms with van der Waals surface area (Å²) in [5, 5.41) is 3.29. The van der Waals surface area contributed by atoms with Crippen LogP contribution in [0.1, 0.15) is 64.0 Å². The van der Waals surface area contributed by atoms with Gasteiger partial charge in [0.15, 0.2) is 0 Å². The van der Waals surface area contributed by atoms with Gasteiger partial charge in [0.1, 0.15) is 0 Å². The maximum atomic E-state index is 12.6. The second kappa shape index (κ2) is 8.33. The summed E-state index contributed by atoms with van der Waals surface area (Å²) in [5.74, 6) is 0.576. The van der Waals surface area contributed by atoms with Gasteiger partial charge in [-0.25, -0.2) is 0 Å². The van der Waals surface area contributed by atoms with Crippen LogP contribution in [0.25, 0.3) is 0 Å². The van der Waals surface area contributed by atoms with Crippen LogP contribution in [-0.2, 0) is 4.79 Å². The first-order valence-corrected chi connectivity index (χ1v) is 8.74. The molecule has 22 heavy (non-hydrogen) atoms. The van der Waals surface area contributed by atoms with Crippen LogP contribution < -0.4 is 11.1 Å². The number of hydrogen-bond acceptors (Lipinski definition) is 2. The highest BCUT2D eigenvalue weighted by molar-refractivity contribution is 5.79. The molecule has 3 N–H and O–H groups in total. The van der Waals surface area contributed by atoms with Crippen molar-refractivity contribution in [3.8, 4) is 0 Å². The minimum atomic E-state index is -0.241. The monoisotopic (exact) mass is 302 g/mol. The summed E-state index contributed by atoms with van der Waals surface area (Å²) in [5.41, 5.74) is 7.30. The van der Waals surface area contributed by atoms with Crippen LogP contribution in [-0.4, -0.2) is 11.9 Å². The molecule has 0 aromatic heterocycles. The molecular weight excluding hydrogens is 272 g/mol. The first-order chi connectivity index (χ1) is 10.6. The first kappa shape index (κ1) is 17.0. The topological polar surface area (TPSA) is 55.1 Å². The van der Waals surface area contributed by atoms with Crippen LogP contribution >= 0.6 is 0 Å². The highest BCUT2D eigenvalue weighted by Crippen LogP contribution is 2.32. The molecule has 3 atom stereocenters. The molecule has 0 aliphatic heterocycles. The highest BCUT2D eigenvalue weighted by Gasteiger charge is 2.30. The summed E-state index contributed by atoms with van der Waals surface area (Å²) in [7, 11) is 0. The maximum absolute atomic E-state index is 12.6. The van der Waals surface area contributed by atoms with E-state index in [2.05, 4.69) is 12.2 Å². The highest BCUT2D eigenvalue weighted by atomic mass is 16.2. The molecule has 1 fully saturated rings. The van der Waals surface area contributed by atoms with Crippen molar-refractivity contribution in [2.45, 2.75) is 64.5 Å².